The van der Waals surface area contributed by atoms with Crippen molar-refractivity contribution in [3.8, 4) is 0 Å². The van der Waals surface area contributed by atoms with E-state index in [9.17, 15) is 40.6 Å². The predicted molar refractivity (Wildman–Crippen MR) is 197 cm³/mol. The molecule has 0 saturated heterocycles. The van der Waals surface area contributed by atoms with Gasteiger partial charge in [-0.15, -0.1) is 0 Å². The van der Waals surface area contributed by atoms with E-state index in [1.807, 2.05) is 52.8 Å². The van der Waals surface area contributed by atoms with Gasteiger partial charge in [-0.2, -0.15) is 13.0 Å². The van der Waals surface area contributed by atoms with Crippen LogP contribution in [-0.2, 0) is 47.1 Å². The number of hydrogen-bond donors (Lipinski definition) is 4. The van der Waals surface area contributed by atoms with Crippen molar-refractivity contribution in [2.45, 2.75) is 93.4 Å². The highest BCUT2D eigenvalue weighted by Gasteiger charge is 2.45. The van der Waals surface area contributed by atoms with Crippen LogP contribution in [0, 0.1) is 0 Å². The number of benzene rings is 2. The topological polar surface area (TPSA) is 213 Å². The molecule has 4 N–H and O–H groups in total. The molecule has 1 atom stereocenters. The second kappa shape index (κ2) is 15.0. The summed E-state index contributed by atoms with van der Waals surface area (Å²) in [6.07, 6.45) is 10.8. The summed E-state index contributed by atoms with van der Waals surface area (Å²) in [6, 6.07) is 7.87. The van der Waals surface area contributed by atoms with Crippen molar-refractivity contribution in [1.82, 2.24) is 15.3 Å². The molecule has 0 unspecified atom stereocenters. The molecule has 3 heterocycles. The van der Waals surface area contributed by atoms with Crippen LogP contribution < -0.4 is 10.2 Å². The lowest BCUT2D eigenvalue weighted by molar-refractivity contribution is -0.438. The lowest BCUT2D eigenvalue weighted by Gasteiger charge is -2.25. The first-order chi connectivity index (χ1) is 24.8. The molecule has 16 heteroatoms. The SMILES string of the molecule is CCN1/C(=C\C=C\C2=[N+](CCCCCC(=O)N[C@H](Cc3cnc[nH]3)C(=O)O)c3ccc(S(=O)(=O)[O-])cc3C2(C)C)C(C)(C)c2cc(S(=O)(=O)O)ccc21. The summed E-state index contributed by atoms with van der Waals surface area (Å²) >= 11 is 0. The second-order valence-corrected chi connectivity index (χ2v) is 17.1. The minimum absolute atomic E-state index is 0.0826. The Morgan fingerprint density at radius 2 is 1.72 bits per heavy atom. The molecular weight excluding hydrogens is 723 g/mol. The number of allylic oxidation sites excluding steroid dienone is 4. The molecule has 2 aliphatic rings. The number of rotatable bonds is 15. The fraction of sp³-hybridized carbons (Fsp3) is 0.405. The summed E-state index contributed by atoms with van der Waals surface area (Å²) in [5.74, 6) is -1.51. The van der Waals surface area contributed by atoms with Crippen LogP contribution in [0.3, 0.4) is 0 Å². The van der Waals surface area contributed by atoms with Gasteiger partial charge in [-0.05, 0) is 75.6 Å². The van der Waals surface area contributed by atoms with Gasteiger partial charge in [0.15, 0.2) is 5.71 Å². The van der Waals surface area contributed by atoms with Gasteiger partial charge in [0, 0.05) is 72.2 Å². The first kappa shape index (κ1) is 39.6. The van der Waals surface area contributed by atoms with Gasteiger partial charge in [0.05, 0.1) is 21.5 Å². The Balaban J connectivity index is 1.37. The Kier molecular flexibility index (Phi) is 11.2. The smallest absolute Gasteiger partial charge is 0.326 e. The van der Waals surface area contributed by atoms with E-state index in [1.54, 1.807) is 12.1 Å². The maximum atomic E-state index is 12.6. The number of nitrogens with zero attached hydrogens (tertiary/aromatic N) is 3. The van der Waals surface area contributed by atoms with Crippen LogP contribution in [0.5, 0.6) is 0 Å². The zero-order valence-electron chi connectivity index (χ0n) is 30.3. The van der Waals surface area contributed by atoms with E-state index in [-0.39, 0.29) is 28.5 Å². The minimum atomic E-state index is -4.70. The number of carboxylic acid groups (broad SMARTS) is 1. The molecule has 0 bridgehead atoms. The van der Waals surface area contributed by atoms with Crippen molar-refractivity contribution < 1.29 is 45.2 Å². The molecule has 0 aliphatic carbocycles. The maximum absolute atomic E-state index is 12.6. The Hall–Kier alpha value is -4.64. The number of aliphatic carboxylic acids is 1. The van der Waals surface area contributed by atoms with Gasteiger partial charge in [-0.1, -0.05) is 19.9 Å². The van der Waals surface area contributed by atoms with Gasteiger partial charge in [-0.25, -0.2) is 18.2 Å². The molecule has 2 aliphatic heterocycles. The number of aromatic nitrogens is 2. The van der Waals surface area contributed by atoms with Crippen LogP contribution in [0.2, 0.25) is 0 Å². The van der Waals surface area contributed by atoms with E-state index < -0.39 is 43.1 Å². The summed E-state index contributed by atoms with van der Waals surface area (Å²) in [5.41, 5.74) is 4.09. The third-order valence-corrected chi connectivity index (χ3v) is 11.7. The second-order valence-electron chi connectivity index (χ2n) is 14.3. The van der Waals surface area contributed by atoms with E-state index >= 15 is 0 Å². The molecule has 5 rings (SSSR count). The van der Waals surface area contributed by atoms with Crippen molar-refractivity contribution in [3.05, 3.63) is 89.7 Å². The van der Waals surface area contributed by atoms with Crippen molar-refractivity contribution >= 4 is 49.2 Å². The first-order valence-corrected chi connectivity index (χ1v) is 20.1. The number of H-pyrrole nitrogens is 1. The Morgan fingerprint density at radius 1 is 1.02 bits per heavy atom. The number of imidazole rings is 1. The van der Waals surface area contributed by atoms with Crippen molar-refractivity contribution in [3.63, 3.8) is 0 Å². The van der Waals surface area contributed by atoms with E-state index in [1.165, 1.54) is 36.8 Å². The summed E-state index contributed by atoms with van der Waals surface area (Å²) in [4.78, 5) is 32.6. The number of carbonyl (C=O) groups is 2. The summed E-state index contributed by atoms with van der Waals surface area (Å²) < 4.78 is 71.6. The van der Waals surface area contributed by atoms with Crippen molar-refractivity contribution in [2.75, 3.05) is 18.0 Å². The van der Waals surface area contributed by atoms with Crippen molar-refractivity contribution in [1.29, 1.82) is 0 Å². The summed E-state index contributed by atoms with van der Waals surface area (Å²) in [5, 5.41) is 12.1. The molecule has 2 aromatic carbocycles. The molecule has 0 spiro atoms. The van der Waals surface area contributed by atoms with Gasteiger partial charge in [0.1, 0.15) is 22.7 Å². The Morgan fingerprint density at radius 3 is 2.34 bits per heavy atom. The highest BCUT2D eigenvalue weighted by atomic mass is 32.2. The summed E-state index contributed by atoms with van der Waals surface area (Å²) in [7, 11) is -9.10. The number of hydrogen-bond acceptors (Lipinski definition) is 9. The maximum Gasteiger partial charge on any atom is 0.326 e. The van der Waals surface area contributed by atoms with Crippen LogP contribution in [0.4, 0.5) is 11.4 Å². The van der Waals surface area contributed by atoms with Gasteiger partial charge < -0.3 is 24.9 Å². The number of likely N-dealkylation sites (N-methyl/N-ethyl adjacent to an activating group) is 1. The van der Waals surface area contributed by atoms with E-state index in [0.717, 1.165) is 28.3 Å². The molecule has 1 amide bonds. The molecular formula is C37H45N5O9S2. The number of amides is 1. The Labute approximate surface area is 309 Å². The highest BCUT2D eigenvalue weighted by Crippen LogP contribution is 2.48. The predicted octanol–water partition coefficient (Wildman–Crippen LogP) is 4.57. The molecule has 53 heavy (non-hydrogen) atoms. The lowest BCUT2D eigenvalue weighted by Crippen LogP contribution is -2.42. The Bertz CT molecular complexity index is 2220. The number of fused-ring (bicyclic) bond motifs is 2. The standard InChI is InChI=1S/C37H45N5O9S2/c1-6-41-30-16-14-25(52(46,47)48)20-27(30)36(2,3)32(41)11-10-12-33-37(4,5)28-21-26(53(49,50)51)15-17-31(28)42(33)18-9-7-8-13-34(43)40-29(35(44)45)19-24-22-38-23-39-24/h10-12,14-17,20-23,29H,6-9,13,18-19H2,1-5H3,(H4-,38,39,40,43,44,45,46,47,48,49,50,51)/t29-/m1/s1. The van der Waals surface area contributed by atoms with Gasteiger partial charge in [0.2, 0.25) is 11.6 Å². The minimum Gasteiger partial charge on any atom is -0.744 e. The van der Waals surface area contributed by atoms with Gasteiger partial charge in [0.25, 0.3) is 10.1 Å². The molecule has 3 aromatic rings. The average Bonchev–Trinajstić information content (AvgIpc) is 3.72. The van der Waals surface area contributed by atoms with Crippen LogP contribution in [0.25, 0.3) is 0 Å². The monoisotopic (exact) mass is 767 g/mol. The largest absolute Gasteiger partial charge is 0.744 e. The number of carboxylic acids is 1. The molecule has 1 aromatic heterocycles. The van der Waals surface area contributed by atoms with Crippen LogP contribution in [0.15, 0.2) is 82.6 Å². The van der Waals surface area contributed by atoms with Crippen LogP contribution >= 0.6 is 0 Å². The lowest BCUT2D eigenvalue weighted by atomic mass is 9.81. The molecule has 0 saturated carbocycles. The molecule has 0 fully saturated rings. The van der Waals surface area contributed by atoms with Crippen molar-refractivity contribution in [2.24, 2.45) is 0 Å². The highest BCUT2D eigenvalue weighted by molar-refractivity contribution is 7.86. The first-order valence-electron chi connectivity index (χ1n) is 17.3. The molecule has 284 valence electrons. The number of carbonyl (C=O) groups excluding carboxylic acids is 1. The number of aromatic amines is 1. The zero-order valence-corrected chi connectivity index (χ0v) is 31.9. The van der Waals surface area contributed by atoms with E-state index in [2.05, 4.69) is 24.8 Å². The number of anilines is 1. The third kappa shape index (κ3) is 8.30. The van der Waals surface area contributed by atoms with E-state index in [4.69, 9.17) is 0 Å². The fourth-order valence-electron chi connectivity index (χ4n) is 7.25. The third-order valence-electron chi connectivity index (χ3n) is 10.0. The fourth-order valence-corrected chi connectivity index (χ4v) is 8.26. The number of nitrogens with one attached hydrogen (secondary N) is 2. The van der Waals surface area contributed by atoms with Gasteiger partial charge in [-0.3, -0.25) is 9.35 Å². The van der Waals surface area contributed by atoms with Gasteiger partial charge >= 0.3 is 5.97 Å². The normalized spacial score (nSPS) is 17.7. The molecule has 0 radical (unpaired) electrons. The average molecular weight is 768 g/mol. The number of unbranched alkanes of at least 4 members (excludes halogenated alkanes) is 2. The van der Waals surface area contributed by atoms with Crippen LogP contribution in [-0.4, -0.2) is 82.3 Å². The molecule has 14 nitrogen and oxygen atoms in total. The van der Waals surface area contributed by atoms with E-state index in [0.29, 0.717) is 43.6 Å². The quantitative estimate of drug-likeness (QED) is 0.0956. The zero-order chi connectivity index (χ0) is 38.9. The van der Waals surface area contributed by atoms with Crippen LogP contribution in [0.1, 0.15) is 77.1 Å². The summed E-state index contributed by atoms with van der Waals surface area (Å²) in [6.45, 7) is 11.0.